The molecule has 2 unspecified atom stereocenters. The third-order valence-electron chi connectivity index (χ3n) is 0.680. The van der Waals surface area contributed by atoms with Gasteiger partial charge < -0.3 is 20.4 Å². The van der Waals surface area contributed by atoms with Gasteiger partial charge >= 0.3 is 11.9 Å². The molecule has 0 bridgehead atoms. The second-order valence-corrected chi connectivity index (χ2v) is 2.68. The zero-order valence-corrected chi connectivity index (χ0v) is 6.98. The summed E-state index contributed by atoms with van der Waals surface area (Å²) in [6.45, 7) is 0. The molecule has 1 radical (unpaired) electrons. The largest absolute Gasteiger partial charge is 0.479 e. The first kappa shape index (κ1) is 14.3. The number of hydrogen-bond donors (Lipinski definition) is 4. The van der Waals surface area contributed by atoms with Gasteiger partial charge in [0.15, 0.2) is 0 Å². The van der Waals surface area contributed by atoms with E-state index in [-0.39, 0.29) is 30.6 Å². The Hall–Kier alpha value is -0.193. The molecule has 65 valence electrons. The fraction of sp³-hybridized carbons (Fsp3) is 0.500. The van der Waals surface area contributed by atoms with Gasteiger partial charge in [0.2, 0.25) is 10.9 Å². The zero-order chi connectivity index (χ0) is 9.02. The zero-order valence-electron chi connectivity index (χ0n) is 6.17. The number of aliphatic carboxylic acids is 2. The number of carbonyl (C=O) groups is 2. The Kier molecular flexibility index (Phi) is 7.57. The smallest absolute Gasteiger partial charge is 0.343 e. The molecule has 0 heterocycles. The summed E-state index contributed by atoms with van der Waals surface area (Å²) < 4.78 is 0. The van der Waals surface area contributed by atoms with E-state index in [9.17, 15) is 9.59 Å². The minimum Gasteiger partial charge on any atom is -0.479 e. The third-order valence-corrected chi connectivity index (χ3v) is 1.60. The third kappa shape index (κ3) is 5.46. The minimum atomic E-state index is -1.92. The van der Waals surface area contributed by atoms with E-state index < -0.39 is 22.8 Å². The van der Waals surface area contributed by atoms with Gasteiger partial charge in [-0.2, -0.15) is 0 Å². The van der Waals surface area contributed by atoms with Crippen molar-refractivity contribution in [2.75, 3.05) is 0 Å². The predicted molar refractivity (Wildman–Crippen MR) is 40.6 cm³/mol. The molecule has 8 heteroatoms. The van der Waals surface area contributed by atoms with Gasteiger partial charge in [-0.05, 0) is 0 Å². The first-order valence-electron chi connectivity index (χ1n) is 2.42. The molecule has 6 nitrogen and oxygen atoms in total. The fourth-order valence-corrected chi connectivity index (χ4v) is 0.716. The van der Waals surface area contributed by atoms with Crippen LogP contribution in [0.2, 0.25) is 0 Å². The van der Waals surface area contributed by atoms with Crippen molar-refractivity contribution in [3.8, 4) is 0 Å². The summed E-state index contributed by atoms with van der Waals surface area (Å²) in [7, 11) is 0. The van der Waals surface area contributed by atoms with E-state index >= 15 is 0 Å². The summed E-state index contributed by atoms with van der Waals surface area (Å²) in [4.78, 5) is 19.8. The Labute approximate surface area is 83.8 Å². The molecule has 0 spiro atoms. The van der Waals surface area contributed by atoms with Crippen molar-refractivity contribution < 1.29 is 30.0 Å². The Balaban J connectivity index is 0. The van der Waals surface area contributed by atoms with E-state index in [1.54, 1.807) is 0 Å². The molecule has 0 aromatic rings. The van der Waals surface area contributed by atoms with Crippen molar-refractivity contribution in [2.45, 2.75) is 10.9 Å². The van der Waals surface area contributed by atoms with Crippen LogP contribution >= 0.6 is 11.8 Å². The minimum absolute atomic E-state index is 0. The summed E-state index contributed by atoms with van der Waals surface area (Å²) in [6.07, 6.45) is 0. The number of aliphatic hydroxyl groups excluding tert-OH is 2. The van der Waals surface area contributed by atoms with E-state index in [1.165, 1.54) is 0 Å². The molecule has 0 saturated heterocycles. The Morgan fingerprint density at radius 3 is 1.42 bits per heavy atom. The Bertz CT molecular complexity index is 155. The van der Waals surface area contributed by atoms with Crippen LogP contribution in [-0.2, 0) is 9.59 Å². The molecule has 0 amide bonds. The first-order valence-corrected chi connectivity index (χ1v) is 3.36. The molecule has 0 aliphatic heterocycles. The van der Waals surface area contributed by atoms with Gasteiger partial charge in [-0.25, -0.2) is 9.59 Å². The Morgan fingerprint density at radius 2 is 1.25 bits per heavy atom. The van der Waals surface area contributed by atoms with Crippen molar-refractivity contribution in [1.29, 1.82) is 0 Å². The van der Waals surface area contributed by atoms with Crippen LogP contribution in [0.25, 0.3) is 0 Å². The molecule has 4 N–H and O–H groups in total. The summed E-state index contributed by atoms with van der Waals surface area (Å²) in [5, 5.41) is 33.0. The quantitative estimate of drug-likeness (QED) is 0.303. The van der Waals surface area contributed by atoms with Gasteiger partial charge in [-0.1, -0.05) is 11.8 Å². The number of hydrogen-bond acceptors (Lipinski definition) is 5. The molecule has 0 aromatic carbocycles. The predicted octanol–water partition coefficient (Wildman–Crippen LogP) is -1.86. The average molecular weight is 189 g/mol. The van der Waals surface area contributed by atoms with Gasteiger partial charge in [-0.15, -0.1) is 0 Å². The number of thioether (sulfide) groups is 1. The molecule has 0 aliphatic rings. The SMILES string of the molecule is O=C(O)C(O)SC(O)C(=O)O.[Li]. The second-order valence-electron chi connectivity index (χ2n) is 1.52. The molecule has 0 saturated carbocycles. The first-order chi connectivity index (χ1) is 4.95. The molecule has 12 heavy (non-hydrogen) atoms. The van der Waals surface area contributed by atoms with Crippen LogP contribution in [0.15, 0.2) is 0 Å². The van der Waals surface area contributed by atoms with Crippen molar-refractivity contribution in [3.05, 3.63) is 0 Å². The van der Waals surface area contributed by atoms with E-state index in [0.29, 0.717) is 0 Å². The molecule has 0 aliphatic carbocycles. The van der Waals surface area contributed by atoms with Crippen LogP contribution in [0.1, 0.15) is 0 Å². The van der Waals surface area contributed by atoms with Gasteiger partial charge in [0.1, 0.15) is 0 Å². The molecular formula is C4H6LiO6S. The molecule has 2 atom stereocenters. The van der Waals surface area contributed by atoms with Crippen molar-refractivity contribution in [2.24, 2.45) is 0 Å². The maximum atomic E-state index is 9.88. The summed E-state index contributed by atoms with van der Waals surface area (Å²) in [5.74, 6) is -3.18. The van der Waals surface area contributed by atoms with Gasteiger partial charge in [-0.3, -0.25) is 0 Å². The van der Waals surface area contributed by atoms with E-state index in [4.69, 9.17) is 20.4 Å². The van der Waals surface area contributed by atoms with Crippen LogP contribution in [0.3, 0.4) is 0 Å². The van der Waals surface area contributed by atoms with Crippen molar-refractivity contribution >= 4 is 42.6 Å². The fourth-order valence-electron chi connectivity index (χ4n) is 0.239. The average Bonchev–Trinajstić information content (AvgIpc) is 1.87. The van der Waals surface area contributed by atoms with Crippen LogP contribution in [0.4, 0.5) is 0 Å². The number of carboxylic acids is 2. The number of aliphatic hydroxyl groups is 2. The summed E-state index contributed by atoms with van der Waals surface area (Å²) in [6, 6.07) is 0. The van der Waals surface area contributed by atoms with Crippen LogP contribution in [0, 0.1) is 0 Å². The number of rotatable bonds is 4. The molecule has 0 fully saturated rings. The summed E-state index contributed by atoms with van der Waals surface area (Å²) >= 11 is 0.0278. The molecule has 0 rings (SSSR count). The number of carboxylic acid groups (broad SMARTS) is 2. The van der Waals surface area contributed by atoms with E-state index in [2.05, 4.69) is 0 Å². The Morgan fingerprint density at radius 1 is 1.00 bits per heavy atom. The standard InChI is InChI=1S/C4H6O6S.Li/c5-1(6)3(9)11-4(10)2(7)8;/h3-4,9-10H,(H,5,6)(H,7,8);. The molecule has 0 aromatic heterocycles. The van der Waals surface area contributed by atoms with Gasteiger partial charge in [0.05, 0.1) is 0 Å². The van der Waals surface area contributed by atoms with Crippen LogP contribution in [0.5, 0.6) is 0 Å². The summed E-state index contributed by atoms with van der Waals surface area (Å²) in [5.41, 5.74) is -3.83. The van der Waals surface area contributed by atoms with Gasteiger partial charge in [0, 0.05) is 18.9 Å². The maximum absolute atomic E-state index is 9.88. The molecular weight excluding hydrogens is 183 g/mol. The monoisotopic (exact) mass is 189 g/mol. The van der Waals surface area contributed by atoms with E-state index in [1.807, 2.05) is 0 Å². The van der Waals surface area contributed by atoms with Crippen molar-refractivity contribution in [1.82, 2.24) is 0 Å². The normalized spacial score (nSPS) is 14.2. The van der Waals surface area contributed by atoms with Crippen LogP contribution in [-0.4, -0.2) is 62.1 Å². The van der Waals surface area contributed by atoms with Crippen molar-refractivity contribution in [3.63, 3.8) is 0 Å². The van der Waals surface area contributed by atoms with Crippen LogP contribution < -0.4 is 0 Å². The topological polar surface area (TPSA) is 115 Å². The van der Waals surface area contributed by atoms with Gasteiger partial charge in [0.25, 0.3) is 0 Å². The maximum Gasteiger partial charge on any atom is 0.343 e. The second kappa shape index (κ2) is 6.34. The van der Waals surface area contributed by atoms with E-state index in [0.717, 1.165) is 0 Å².